The lowest BCUT2D eigenvalue weighted by atomic mass is 10.0. The number of benzene rings is 1. The number of amidine groups is 1. The summed E-state index contributed by atoms with van der Waals surface area (Å²) < 4.78 is 0. The Kier molecular flexibility index (Phi) is 5.02. The van der Waals surface area contributed by atoms with Crippen LogP contribution in [0.15, 0.2) is 34.5 Å². The molecular formula is C15H21N3S. The molecule has 0 radical (unpaired) electrons. The number of nitrogens with zero attached hydrogens (tertiary/aromatic N) is 3. The predicted octanol–water partition coefficient (Wildman–Crippen LogP) is 4.12. The molecule has 19 heavy (non-hydrogen) atoms. The van der Waals surface area contributed by atoms with Crippen LogP contribution in [0.4, 0.5) is 5.69 Å². The van der Waals surface area contributed by atoms with Gasteiger partial charge in [-0.1, -0.05) is 43.8 Å². The van der Waals surface area contributed by atoms with Gasteiger partial charge in [0.05, 0.1) is 0 Å². The van der Waals surface area contributed by atoms with Gasteiger partial charge in [-0.2, -0.15) is 5.10 Å². The number of para-hydroxylation sites is 1. The highest BCUT2D eigenvalue weighted by Crippen LogP contribution is 2.31. The molecule has 0 spiro atoms. The fourth-order valence-electron chi connectivity index (χ4n) is 2.19. The summed E-state index contributed by atoms with van der Waals surface area (Å²) in [5, 5.41) is 9.39. The highest BCUT2D eigenvalue weighted by atomic mass is 32.2. The van der Waals surface area contributed by atoms with E-state index in [1.54, 1.807) is 18.0 Å². The topological polar surface area (TPSA) is 28.0 Å². The molecule has 4 heteroatoms. The summed E-state index contributed by atoms with van der Waals surface area (Å²) in [5.41, 5.74) is 2.65. The van der Waals surface area contributed by atoms with Gasteiger partial charge in [-0.25, -0.2) is 0 Å². The van der Waals surface area contributed by atoms with Crippen molar-refractivity contribution in [1.82, 2.24) is 0 Å². The Morgan fingerprint density at radius 3 is 2.84 bits per heavy atom. The predicted molar refractivity (Wildman–Crippen MR) is 86.6 cm³/mol. The highest BCUT2D eigenvalue weighted by molar-refractivity contribution is 8.14. The Morgan fingerprint density at radius 1 is 1.32 bits per heavy atom. The van der Waals surface area contributed by atoms with E-state index in [1.165, 1.54) is 17.7 Å². The van der Waals surface area contributed by atoms with Gasteiger partial charge in [0.1, 0.15) is 0 Å². The van der Waals surface area contributed by atoms with Crippen LogP contribution in [0.25, 0.3) is 0 Å². The van der Waals surface area contributed by atoms with Gasteiger partial charge in [0.2, 0.25) is 0 Å². The number of hydrogen-bond acceptors (Lipinski definition) is 3. The molecule has 1 heterocycles. The van der Waals surface area contributed by atoms with E-state index in [1.807, 2.05) is 6.92 Å². The molecule has 1 aromatic carbocycles. The second-order valence-corrected chi connectivity index (χ2v) is 5.89. The van der Waals surface area contributed by atoms with Crippen molar-refractivity contribution in [2.45, 2.75) is 33.1 Å². The Bertz CT molecular complexity index is 480. The number of rotatable bonds is 3. The van der Waals surface area contributed by atoms with Crippen LogP contribution in [-0.2, 0) is 0 Å². The van der Waals surface area contributed by atoms with Crippen molar-refractivity contribution < 1.29 is 0 Å². The summed E-state index contributed by atoms with van der Waals surface area (Å²) in [7, 11) is 0. The summed E-state index contributed by atoms with van der Waals surface area (Å²) in [4.78, 5) is 2.30. The molecule has 0 bridgehead atoms. The van der Waals surface area contributed by atoms with Gasteiger partial charge in [0.15, 0.2) is 5.17 Å². The maximum absolute atomic E-state index is 4.33. The molecule has 0 atom stereocenters. The largest absolute Gasteiger partial charge is 0.319 e. The minimum atomic E-state index is 0.513. The van der Waals surface area contributed by atoms with E-state index in [0.717, 1.165) is 17.5 Å². The molecule has 1 aromatic rings. The van der Waals surface area contributed by atoms with Crippen molar-refractivity contribution >= 4 is 28.8 Å². The molecule has 1 saturated heterocycles. The standard InChI is InChI=1S/C15H21N3S/c1-4-16-17-15-18(10-7-11-19-15)14-9-6-5-8-13(14)12(2)3/h4-6,8-9,12H,7,10-11H2,1-3H3/b16-4+,17-15-. The number of hydrogen-bond donors (Lipinski definition) is 0. The minimum absolute atomic E-state index is 0.513. The molecular weight excluding hydrogens is 254 g/mol. The van der Waals surface area contributed by atoms with E-state index in [2.05, 4.69) is 53.2 Å². The fourth-order valence-corrected chi connectivity index (χ4v) is 3.10. The van der Waals surface area contributed by atoms with E-state index in [-0.39, 0.29) is 0 Å². The van der Waals surface area contributed by atoms with Gasteiger partial charge >= 0.3 is 0 Å². The number of anilines is 1. The van der Waals surface area contributed by atoms with Crippen LogP contribution >= 0.6 is 11.8 Å². The first-order valence-corrected chi connectivity index (χ1v) is 7.77. The normalized spacial score (nSPS) is 18.7. The molecule has 0 amide bonds. The average molecular weight is 275 g/mol. The van der Waals surface area contributed by atoms with E-state index in [4.69, 9.17) is 0 Å². The summed E-state index contributed by atoms with van der Waals surface area (Å²) in [6.07, 6.45) is 2.92. The van der Waals surface area contributed by atoms with Crippen LogP contribution in [0.1, 0.15) is 38.7 Å². The van der Waals surface area contributed by atoms with Crippen molar-refractivity contribution in [3.8, 4) is 0 Å². The molecule has 0 aliphatic carbocycles. The Balaban J connectivity index is 2.37. The third-order valence-corrected chi connectivity index (χ3v) is 4.15. The van der Waals surface area contributed by atoms with E-state index < -0.39 is 0 Å². The molecule has 0 saturated carbocycles. The Hall–Kier alpha value is -1.29. The zero-order valence-electron chi connectivity index (χ0n) is 11.8. The van der Waals surface area contributed by atoms with E-state index in [9.17, 15) is 0 Å². The SMILES string of the molecule is C/C=N/N=C1\SCCCN1c1ccccc1C(C)C. The summed E-state index contributed by atoms with van der Waals surface area (Å²) in [5.74, 6) is 1.64. The maximum atomic E-state index is 4.33. The molecule has 2 rings (SSSR count). The molecule has 0 unspecified atom stereocenters. The van der Waals surface area contributed by atoms with Crippen LogP contribution in [0.5, 0.6) is 0 Å². The lowest BCUT2D eigenvalue weighted by molar-refractivity contribution is 0.842. The first-order chi connectivity index (χ1) is 9.24. The van der Waals surface area contributed by atoms with Crippen molar-refractivity contribution in [2.75, 3.05) is 17.2 Å². The van der Waals surface area contributed by atoms with Gasteiger partial charge in [0, 0.05) is 24.2 Å². The third-order valence-electron chi connectivity index (χ3n) is 3.10. The lowest BCUT2D eigenvalue weighted by Crippen LogP contribution is -2.34. The molecule has 1 fully saturated rings. The van der Waals surface area contributed by atoms with Crippen LogP contribution in [0, 0.1) is 0 Å². The summed E-state index contributed by atoms with van der Waals surface area (Å²) in [6.45, 7) is 7.38. The van der Waals surface area contributed by atoms with Gasteiger partial charge < -0.3 is 4.90 Å². The molecule has 0 N–H and O–H groups in total. The smallest absolute Gasteiger partial charge is 0.190 e. The first kappa shape index (κ1) is 14.1. The van der Waals surface area contributed by atoms with Gasteiger partial charge in [-0.3, -0.25) is 0 Å². The van der Waals surface area contributed by atoms with Gasteiger partial charge in [-0.15, -0.1) is 5.10 Å². The Morgan fingerprint density at radius 2 is 2.11 bits per heavy atom. The minimum Gasteiger partial charge on any atom is -0.319 e. The molecule has 0 aromatic heterocycles. The first-order valence-electron chi connectivity index (χ1n) is 6.79. The second kappa shape index (κ2) is 6.75. The van der Waals surface area contributed by atoms with Crippen molar-refractivity contribution in [1.29, 1.82) is 0 Å². The Labute approximate surface area is 119 Å². The summed E-state index contributed by atoms with van der Waals surface area (Å²) >= 11 is 1.79. The van der Waals surface area contributed by atoms with Crippen LogP contribution < -0.4 is 4.90 Å². The van der Waals surface area contributed by atoms with Crippen molar-refractivity contribution in [3.05, 3.63) is 29.8 Å². The third kappa shape index (κ3) is 3.38. The zero-order chi connectivity index (χ0) is 13.7. The van der Waals surface area contributed by atoms with Gasteiger partial charge in [0.25, 0.3) is 0 Å². The monoisotopic (exact) mass is 275 g/mol. The molecule has 102 valence electrons. The maximum Gasteiger partial charge on any atom is 0.190 e. The summed E-state index contributed by atoms with van der Waals surface area (Å²) in [6, 6.07) is 8.60. The molecule has 3 nitrogen and oxygen atoms in total. The van der Waals surface area contributed by atoms with Crippen LogP contribution in [0.2, 0.25) is 0 Å². The highest BCUT2D eigenvalue weighted by Gasteiger charge is 2.21. The fraction of sp³-hybridized carbons (Fsp3) is 0.467. The second-order valence-electron chi connectivity index (χ2n) is 4.82. The van der Waals surface area contributed by atoms with E-state index >= 15 is 0 Å². The zero-order valence-corrected chi connectivity index (χ0v) is 12.7. The average Bonchev–Trinajstić information content (AvgIpc) is 2.45. The van der Waals surface area contributed by atoms with Crippen LogP contribution in [-0.4, -0.2) is 23.7 Å². The van der Waals surface area contributed by atoms with Crippen molar-refractivity contribution in [2.24, 2.45) is 10.2 Å². The molecule has 1 aliphatic heterocycles. The van der Waals surface area contributed by atoms with Gasteiger partial charge in [-0.05, 0) is 30.9 Å². The molecule has 1 aliphatic rings. The quantitative estimate of drug-likeness (QED) is 0.613. The lowest BCUT2D eigenvalue weighted by Gasteiger charge is -2.31. The number of thioether (sulfide) groups is 1. The van der Waals surface area contributed by atoms with Crippen molar-refractivity contribution in [3.63, 3.8) is 0 Å². The van der Waals surface area contributed by atoms with E-state index in [0.29, 0.717) is 5.92 Å². The van der Waals surface area contributed by atoms with Crippen LogP contribution in [0.3, 0.4) is 0 Å².